The van der Waals surface area contributed by atoms with Crippen LogP contribution in [0.1, 0.15) is 5.56 Å². The summed E-state index contributed by atoms with van der Waals surface area (Å²) < 4.78 is 0. The van der Waals surface area contributed by atoms with Gasteiger partial charge in [-0.3, -0.25) is 0 Å². The Kier molecular flexibility index (Phi) is 10.4. The minimum atomic E-state index is -1.89. The van der Waals surface area contributed by atoms with Crippen molar-refractivity contribution in [1.29, 1.82) is 0 Å². The molecular weight excluding hydrogens is 185 g/mol. The van der Waals surface area contributed by atoms with Crippen molar-refractivity contribution in [3.05, 3.63) is 36.4 Å². The molecule has 0 unspecified atom stereocenters. The van der Waals surface area contributed by atoms with Gasteiger partial charge >= 0.3 is 59.1 Å². The van der Waals surface area contributed by atoms with Crippen LogP contribution >= 0.6 is 0 Å². The first-order chi connectivity index (χ1) is 5.24. The molecule has 0 fully saturated rings. The first-order valence-electron chi connectivity index (χ1n) is 3.28. The average molecular weight is 192 g/mol. The van der Waals surface area contributed by atoms with Gasteiger partial charge in [0.25, 0.3) is 0 Å². The van der Waals surface area contributed by atoms with E-state index in [0.29, 0.717) is 0 Å². The van der Waals surface area contributed by atoms with Gasteiger partial charge in [0.2, 0.25) is 0 Å². The Morgan fingerprint density at radius 1 is 1.23 bits per heavy atom. The molecule has 0 N–H and O–H groups in total. The van der Waals surface area contributed by atoms with E-state index in [9.17, 15) is 10.0 Å². The number of benzene rings is 1. The normalized spacial score (nSPS) is 7.85. The van der Waals surface area contributed by atoms with Crippen LogP contribution < -0.4 is 74.6 Å². The SMILES string of the molecule is C=Cc1cccc(B([O-])[O-])c1.[Na+].[Na+]. The first-order valence-corrected chi connectivity index (χ1v) is 3.28. The zero-order valence-corrected chi connectivity index (χ0v) is 12.0. The van der Waals surface area contributed by atoms with E-state index in [2.05, 4.69) is 6.58 Å². The molecule has 0 heterocycles. The summed E-state index contributed by atoms with van der Waals surface area (Å²) in [6, 6.07) is 6.54. The monoisotopic (exact) mass is 192 g/mol. The number of hydrogen-bond acceptors (Lipinski definition) is 2. The maximum atomic E-state index is 10.4. The fourth-order valence-electron chi connectivity index (χ4n) is 0.833. The van der Waals surface area contributed by atoms with E-state index in [1.165, 1.54) is 6.07 Å². The molecule has 0 aromatic heterocycles. The summed E-state index contributed by atoms with van der Waals surface area (Å²) >= 11 is 0. The Bertz CT molecular complexity index is 266. The van der Waals surface area contributed by atoms with Crippen molar-refractivity contribution in [2.75, 3.05) is 0 Å². The third-order valence-electron chi connectivity index (χ3n) is 1.42. The third kappa shape index (κ3) is 5.40. The molecule has 0 aliphatic carbocycles. The first kappa shape index (κ1) is 16.4. The van der Waals surface area contributed by atoms with Gasteiger partial charge in [0, 0.05) is 0 Å². The predicted molar refractivity (Wildman–Crippen MR) is 41.9 cm³/mol. The molecule has 0 bridgehead atoms. The van der Waals surface area contributed by atoms with E-state index in [0.717, 1.165) is 5.56 Å². The second-order valence-corrected chi connectivity index (χ2v) is 2.21. The van der Waals surface area contributed by atoms with Crippen LogP contribution in [0.2, 0.25) is 0 Å². The molecule has 56 valence electrons. The molecule has 5 heteroatoms. The van der Waals surface area contributed by atoms with Crippen molar-refractivity contribution in [1.82, 2.24) is 0 Å². The van der Waals surface area contributed by atoms with Crippen LogP contribution in [0.25, 0.3) is 6.08 Å². The van der Waals surface area contributed by atoms with Gasteiger partial charge in [0.05, 0.1) is 0 Å². The van der Waals surface area contributed by atoms with Crippen LogP contribution in [-0.4, -0.2) is 7.12 Å². The number of rotatable bonds is 2. The molecule has 0 saturated carbocycles. The minimum absolute atomic E-state index is 0. The summed E-state index contributed by atoms with van der Waals surface area (Å²) in [5.74, 6) is 0. The summed E-state index contributed by atoms with van der Waals surface area (Å²) in [6.45, 7) is 3.53. The van der Waals surface area contributed by atoms with E-state index in [4.69, 9.17) is 0 Å². The second-order valence-electron chi connectivity index (χ2n) is 2.21. The summed E-state index contributed by atoms with van der Waals surface area (Å²) in [4.78, 5) is 0. The second kappa shape index (κ2) is 8.27. The molecule has 0 spiro atoms. The molecule has 1 rings (SSSR count). The third-order valence-corrected chi connectivity index (χ3v) is 1.42. The largest absolute Gasteiger partial charge is 1.00 e. The summed E-state index contributed by atoms with van der Waals surface area (Å²) in [5.41, 5.74) is 1.07. The van der Waals surface area contributed by atoms with Crippen LogP contribution in [0.15, 0.2) is 30.8 Å². The zero-order valence-electron chi connectivity index (χ0n) is 7.99. The van der Waals surface area contributed by atoms with E-state index < -0.39 is 7.12 Å². The molecule has 0 saturated heterocycles. The van der Waals surface area contributed by atoms with Gasteiger partial charge in [-0.25, -0.2) is 0 Å². The molecule has 2 nitrogen and oxygen atoms in total. The van der Waals surface area contributed by atoms with Gasteiger partial charge in [-0.1, -0.05) is 44.0 Å². The smallest absolute Gasteiger partial charge is 0.889 e. The standard InChI is InChI=1S/C8H7BO2.2Na/c1-2-7-4-3-5-8(6-7)9(10)11;;/h2-6H,1H2;;/q-2;2*+1. The predicted octanol–water partition coefficient (Wildman–Crippen LogP) is -7.25. The van der Waals surface area contributed by atoms with Crippen LogP contribution in [0.4, 0.5) is 0 Å². The fourth-order valence-corrected chi connectivity index (χ4v) is 0.833. The van der Waals surface area contributed by atoms with Gasteiger partial charge in [0.1, 0.15) is 0 Å². The van der Waals surface area contributed by atoms with Crippen molar-refractivity contribution >= 4 is 18.7 Å². The Morgan fingerprint density at radius 2 is 1.85 bits per heavy atom. The minimum Gasteiger partial charge on any atom is -0.889 e. The molecule has 13 heavy (non-hydrogen) atoms. The Morgan fingerprint density at radius 3 is 2.31 bits per heavy atom. The van der Waals surface area contributed by atoms with E-state index in [-0.39, 0.29) is 64.6 Å². The molecule has 0 aliphatic heterocycles. The van der Waals surface area contributed by atoms with E-state index in [1.54, 1.807) is 24.3 Å². The molecule has 0 atom stereocenters. The van der Waals surface area contributed by atoms with Gasteiger partial charge in [-0.15, -0.1) is 5.46 Å². The van der Waals surface area contributed by atoms with Crippen molar-refractivity contribution in [3.8, 4) is 0 Å². The van der Waals surface area contributed by atoms with Gasteiger partial charge in [-0.05, 0) is 5.56 Å². The zero-order chi connectivity index (χ0) is 8.27. The Labute approximate surface area is 123 Å². The van der Waals surface area contributed by atoms with Crippen LogP contribution in [0, 0.1) is 0 Å². The fraction of sp³-hybridized carbons (Fsp3) is 0. The summed E-state index contributed by atoms with van der Waals surface area (Å²) in [7, 11) is -1.89. The summed E-state index contributed by atoms with van der Waals surface area (Å²) in [6.07, 6.45) is 1.60. The molecule has 0 aliphatic rings. The van der Waals surface area contributed by atoms with E-state index in [1.807, 2.05) is 0 Å². The van der Waals surface area contributed by atoms with Crippen molar-refractivity contribution < 1.29 is 69.2 Å². The maximum Gasteiger partial charge on any atom is 1.00 e. The van der Waals surface area contributed by atoms with Crippen LogP contribution in [0.3, 0.4) is 0 Å². The molecule has 0 radical (unpaired) electrons. The topological polar surface area (TPSA) is 46.1 Å². The van der Waals surface area contributed by atoms with Crippen LogP contribution in [-0.2, 0) is 0 Å². The Hall–Kier alpha value is 0.945. The maximum absolute atomic E-state index is 10.4. The average Bonchev–Trinajstić information content (AvgIpc) is 2.05. The van der Waals surface area contributed by atoms with Gasteiger partial charge in [-0.2, -0.15) is 0 Å². The van der Waals surface area contributed by atoms with Crippen molar-refractivity contribution in [2.24, 2.45) is 0 Å². The molecular formula is C8H7BNa2O2. The molecule has 1 aromatic carbocycles. The summed E-state index contributed by atoms with van der Waals surface area (Å²) in [5, 5.41) is 20.8. The molecule has 0 amide bonds. The van der Waals surface area contributed by atoms with E-state index >= 15 is 0 Å². The quantitative estimate of drug-likeness (QED) is 0.437. The van der Waals surface area contributed by atoms with Crippen molar-refractivity contribution in [2.45, 2.75) is 0 Å². The molecule has 1 aromatic rings. The Balaban J connectivity index is 0. The van der Waals surface area contributed by atoms with Crippen LogP contribution in [0.5, 0.6) is 0 Å². The van der Waals surface area contributed by atoms with Gasteiger partial charge < -0.3 is 10.0 Å². The van der Waals surface area contributed by atoms with Gasteiger partial charge in [0.15, 0.2) is 0 Å². The van der Waals surface area contributed by atoms with Crippen molar-refractivity contribution in [3.63, 3.8) is 0 Å². The number of hydrogen-bond donors (Lipinski definition) is 0.